The molecule has 0 bridgehead atoms. The molecule has 30 heavy (non-hydrogen) atoms. The Morgan fingerprint density at radius 3 is 2.80 bits per heavy atom. The van der Waals surface area contributed by atoms with Gasteiger partial charge in [-0.2, -0.15) is 10.4 Å². The first-order chi connectivity index (χ1) is 14.5. The van der Waals surface area contributed by atoms with Crippen LogP contribution in [0.2, 0.25) is 0 Å². The highest BCUT2D eigenvalue weighted by Gasteiger charge is 2.27. The van der Waals surface area contributed by atoms with Crippen LogP contribution < -0.4 is 5.32 Å². The number of amides is 1. The minimum absolute atomic E-state index is 0.122. The van der Waals surface area contributed by atoms with Crippen molar-refractivity contribution < 1.29 is 14.3 Å². The maximum absolute atomic E-state index is 12.7. The van der Waals surface area contributed by atoms with E-state index in [-0.39, 0.29) is 11.9 Å². The summed E-state index contributed by atoms with van der Waals surface area (Å²) in [6, 6.07) is 2.13. The largest absolute Gasteiger partial charge is 0.462 e. The molecule has 1 amide bonds. The van der Waals surface area contributed by atoms with Crippen molar-refractivity contribution >= 4 is 28.2 Å². The zero-order chi connectivity index (χ0) is 21.7. The Bertz CT molecular complexity index is 984. The van der Waals surface area contributed by atoms with Gasteiger partial charge in [0.25, 0.3) is 0 Å². The van der Waals surface area contributed by atoms with E-state index in [1.807, 2.05) is 18.5 Å². The van der Waals surface area contributed by atoms with E-state index < -0.39 is 0 Å². The minimum atomic E-state index is -0.349. The van der Waals surface area contributed by atoms with Gasteiger partial charge in [0.15, 0.2) is 0 Å². The van der Waals surface area contributed by atoms with Crippen molar-refractivity contribution in [3.8, 4) is 6.07 Å². The molecule has 0 radical (unpaired) electrons. The third-order valence-electron chi connectivity index (χ3n) is 5.47. The van der Waals surface area contributed by atoms with Gasteiger partial charge in [0.05, 0.1) is 36.9 Å². The summed E-state index contributed by atoms with van der Waals surface area (Å²) in [5.74, 6) is -0.472. The molecule has 8 heteroatoms. The number of ether oxygens (including phenoxy) is 1. The van der Waals surface area contributed by atoms with Crippen LogP contribution in [-0.4, -0.2) is 28.3 Å². The number of thiophene rings is 1. The summed E-state index contributed by atoms with van der Waals surface area (Å²) < 4.78 is 7.08. The molecule has 1 aliphatic rings. The SMILES string of the molecule is CCOC(=O)c1c(NC(=O)CCc2c(C)nn(CCC#N)c2C)sc2c1CCCC2. The fraction of sp³-hybridized carbons (Fsp3) is 0.545. The summed E-state index contributed by atoms with van der Waals surface area (Å²) in [5, 5.41) is 16.9. The first-order valence-electron chi connectivity index (χ1n) is 10.5. The van der Waals surface area contributed by atoms with Gasteiger partial charge in [-0.3, -0.25) is 9.48 Å². The van der Waals surface area contributed by atoms with Crippen LogP contribution in [0, 0.1) is 25.2 Å². The summed E-state index contributed by atoms with van der Waals surface area (Å²) in [7, 11) is 0. The predicted octanol–water partition coefficient (Wildman–Crippen LogP) is 4.10. The zero-order valence-electron chi connectivity index (χ0n) is 17.8. The molecule has 0 fully saturated rings. The maximum atomic E-state index is 12.7. The molecule has 2 aromatic heterocycles. The molecule has 1 N–H and O–H groups in total. The highest BCUT2D eigenvalue weighted by molar-refractivity contribution is 7.17. The number of fused-ring (bicyclic) bond motifs is 1. The van der Waals surface area contributed by atoms with E-state index in [1.165, 1.54) is 16.2 Å². The molecule has 2 aromatic rings. The van der Waals surface area contributed by atoms with Gasteiger partial charge in [-0.1, -0.05) is 0 Å². The van der Waals surface area contributed by atoms with Crippen LogP contribution in [0.5, 0.6) is 0 Å². The zero-order valence-corrected chi connectivity index (χ0v) is 18.7. The summed E-state index contributed by atoms with van der Waals surface area (Å²) in [4.78, 5) is 26.4. The molecule has 0 saturated carbocycles. The molecule has 0 atom stereocenters. The normalized spacial score (nSPS) is 12.9. The van der Waals surface area contributed by atoms with E-state index in [0.29, 0.717) is 43.0 Å². The number of esters is 1. The summed E-state index contributed by atoms with van der Waals surface area (Å²) in [5.41, 5.74) is 4.51. The van der Waals surface area contributed by atoms with Crippen LogP contribution in [0.3, 0.4) is 0 Å². The lowest BCUT2D eigenvalue weighted by molar-refractivity contribution is -0.116. The van der Waals surface area contributed by atoms with Crippen LogP contribution in [0.1, 0.15) is 70.4 Å². The molecule has 0 saturated heterocycles. The van der Waals surface area contributed by atoms with Crippen LogP contribution in [0.4, 0.5) is 5.00 Å². The van der Waals surface area contributed by atoms with E-state index in [9.17, 15) is 9.59 Å². The minimum Gasteiger partial charge on any atom is -0.462 e. The number of nitrogens with one attached hydrogen (secondary N) is 1. The van der Waals surface area contributed by atoms with Gasteiger partial charge in [-0.25, -0.2) is 4.79 Å². The van der Waals surface area contributed by atoms with E-state index in [2.05, 4.69) is 16.5 Å². The van der Waals surface area contributed by atoms with Crippen molar-refractivity contribution in [2.24, 2.45) is 0 Å². The second-order valence-electron chi connectivity index (χ2n) is 7.46. The number of carbonyl (C=O) groups is 2. The highest BCUT2D eigenvalue weighted by Crippen LogP contribution is 2.38. The lowest BCUT2D eigenvalue weighted by Gasteiger charge is -2.12. The average Bonchev–Trinajstić information content (AvgIpc) is 3.21. The smallest absolute Gasteiger partial charge is 0.341 e. The van der Waals surface area contributed by atoms with Crippen molar-refractivity contribution in [2.75, 3.05) is 11.9 Å². The van der Waals surface area contributed by atoms with Gasteiger partial charge in [0.2, 0.25) is 5.91 Å². The molecule has 3 rings (SSSR count). The second kappa shape index (κ2) is 9.90. The lowest BCUT2D eigenvalue weighted by Crippen LogP contribution is -2.16. The van der Waals surface area contributed by atoms with Crippen molar-refractivity contribution in [1.29, 1.82) is 5.26 Å². The van der Waals surface area contributed by atoms with Gasteiger partial charge >= 0.3 is 5.97 Å². The summed E-state index contributed by atoms with van der Waals surface area (Å²) in [6.07, 6.45) is 5.24. The topological polar surface area (TPSA) is 97.0 Å². The Hall–Kier alpha value is -2.66. The van der Waals surface area contributed by atoms with Crippen LogP contribution in [0.15, 0.2) is 0 Å². The Morgan fingerprint density at radius 1 is 1.30 bits per heavy atom. The van der Waals surface area contributed by atoms with Gasteiger partial charge in [-0.15, -0.1) is 11.3 Å². The maximum Gasteiger partial charge on any atom is 0.341 e. The van der Waals surface area contributed by atoms with Crippen molar-refractivity contribution in [3.05, 3.63) is 33.0 Å². The average molecular weight is 429 g/mol. The Kier molecular flexibility index (Phi) is 7.27. The second-order valence-corrected chi connectivity index (χ2v) is 8.57. The molecule has 7 nitrogen and oxygen atoms in total. The number of nitrogens with zero attached hydrogens (tertiary/aromatic N) is 3. The van der Waals surface area contributed by atoms with Gasteiger partial charge in [-0.05, 0) is 64.0 Å². The summed E-state index contributed by atoms with van der Waals surface area (Å²) >= 11 is 1.51. The highest BCUT2D eigenvalue weighted by atomic mass is 32.1. The molecule has 1 aliphatic carbocycles. The quantitative estimate of drug-likeness (QED) is 0.639. The van der Waals surface area contributed by atoms with E-state index in [0.717, 1.165) is 48.2 Å². The Balaban J connectivity index is 1.71. The molecule has 0 aliphatic heterocycles. The first-order valence-corrected chi connectivity index (χ1v) is 11.3. The van der Waals surface area contributed by atoms with Crippen molar-refractivity contribution in [3.63, 3.8) is 0 Å². The lowest BCUT2D eigenvalue weighted by atomic mass is 9.95. The number of aryl methyl sites for hydroxylation is 3. The van der Waals surface area contributed by atoms with Crippen molar-refractivity contribution in [1.82, 2.24) is 9.78 Å². The molecule has 160 valence electrons. The van der Waals surface area contributed by atoms with Crippen LogP contribution >= 0.6 is 11.3 Å². The molecular weight excluding hydrogens is 400 g/mol. The molecule has 0 unspecified atom stereocenters. The first kappa shape index (κ1) is 22.0. The summed E-state index contributed by atoms with van der Waals surface area (Å²) in [6.45, 7) is 6.55. The molecular formula is C22H28N4O3S. The fourth-order valence-electron chi connectivity index (χ4n) is 3.97. The third-order valence-corrected chi connectivity index (χ3v) is 6.68. The van der Waals surface area contributed by atoms with Gasteiger partial charge < -0.3 is 10.1 Å². The fourth-order valence-corrected chi connectivity index (χ4v) is 5.26. The van der Waals surface area contributed by atoms with Crippen LogP contribution in [-0.2, 0) is 35.3 Å². The Labute approximate surface area is 181 Å². The molecule has 0 aromatic carbocycles. The van der Waals surface area contributed by atoms with E-state index in [1.54, 1.807) is 6.92 Å². The molecule has 0 spiro atoms. The van der Waals surface area contributed by atoms with Crippen LogP contribution in [0.25, 0.3) is 0 Å². The number of rotatable bonds is 8. The number of carbonyl (C=O) groups excluding carboxylic acids is 2. The standard InChI is InChI=1S/C22H28N4O3S/c1-4-29-22(28)20-17-8-5-6-9-18(17)30-21(20)24-19(27)11-10-16-14(2)25-26(15(16)3)13-7-12-23/h4-11,13H2,1-3H3,(H,24,27). The number of anilines is 1. The third kappa shape index (κ3) is 4.73. The van der Waals surface area contributed by atoms with E-state index >= 15 is 0 Å². The van der Waals surface area contributed by atoms with E-state index in [4.69, 9.17) is 10.00 Å². The van der Waals surface area contributed by atoms with Gasteiger partial charge in [0.1, 0.15) is 5.00 Å². The number of hydrogen-bond donors (Lipinski definition) is 1. The number of hydrogen-bond acceptors (Lipinski definition) is 6. The molecule has 2 heterocycles. The van der Waals surface area contributed by atoms with Crippen molar-refractivity contribution in [2.45, 2.75) is 72.3 Å². The Morgan fingerprint density at radius 2 is 2.07 bits per heavy atom. The monoisotopic (exact) mass is 428 g/mol. The number of nitriles is 1. The van der Waals surface area contributed by atoms with Gasteiger partial charge in [0, 0.05) is 17.0 Å². The number of aromatic nitrogens is 2. The predicted molar refractivity (Wildman–Crippen MR) is 116 cm³/mol.